The normalized spacial score (nSPS) is 20.9. The van der Waals surface area contributed by atoms with E-state index in [-0.39, 0.29) is 18.4 Å². The Morgan fingerprint density at radius 1 is 1.53 bits per heavy atom. The number of amides is 1. The number of hydrogen-bond acceptors (Lipinski definition) is 3. The third kappa shape index (κ3) is 3.07. The fraction of sp³-hybridized carbons (Fsp3) is 0.533. The van der Waals surface area contributed by atoms with Gasteiger partial charge in [0.25, 0.3) is 0 Å². The van der Waals surface area contributed by atoms with Crippen molar-refractivity contribution in [3.05, 3.63) is 29.8 Å². The van der Waals surface area contributed by atoms with Gasteiger partial charge in [0.2, 0.25) is 5.91 Å². The van der Waals surface area contributed by atoms with E-state index >= 15 is 0 Å². The van der Waals surface area contributed by atoms with Crippen LogP contribution in [-0.2, 0) is 11.2 Å². The molecule has 0 aliphatic carbocycles. The van der Waals surface area contributed by atoms with Crippen LogP contribution in [-0.4, -0.2) is 29.7 Å². The molecule has 0 bridgehead atoms. The van der Waals surface area contributed by atoms with Crippen molar-refractivity contribution >= 4 is 11.6 Å². The molecule has 0 spiro atoms. The Kier molecular flexibility index (Phi) is 4.10. The van der Waals surface area contributed by atoms with Crippen LogP contribution in [0, 0.1) is 5.92 Å². The fourth-order valence-electron chi connectivity index (χ4n) is 2.27. The van der Waals surface area contributed by atoms with Crippen molar-refractivity contribution in [2.24, 2.45) is 5.92 Å². The molecule has 0 radical (unpaired) electrons. The van der Waals surface area contributed by atoms with Gasteiger partial charge in [-0.15, -0.1) is 0 Å². The quantitative estimate of drug-likeness (QED) is 0.771. The van der Waals surface area contributed by atoms with Gasteiger partial charge in [0.15, 0.2) is 0 Å². The standard InChI is InChI=1S/C15H22N2O2/c1-3-15(2,10-18)17-14(19)12-8-11-6-4-5-7-13(11)16-9-12/h4-7,12,16,18H,3,8-10H2,1-2H3,(H,17,19). The van der Waals surface area contributed by atoms with Crippen LogP contribution >= 0.6 is 0 Å². The summed E-state index contributed by atoms with van der Waals surface area (Å²) in [4.78, 5) is 12.3. The van der Waals surface area contributed by atoms with E-state index in [1.807, 2.05) is 38.1 Å². The third-order valence-corrected chi connectivity index (χ3v) is 3.95. The van der Waals surface area contributed by atoms with Gasteiger partial charge in [-0.25, -0.2) is 0 Å². The lowest BCUT2D eigenvalue weighted by Gasteiger charge is -2.31. The Hall–Kier alpha value is -1.55. The number of anilines is 1. The minimum atomic E-state index is -0.520. The second-order valence-electron chi connectivity index (χ2n) is 5.50. The number of fused-ring (bicyclic) bond motifs is 1. The molecule has 1 aromatic rings. The Bertz CT molecular complexity index is 455. The highest BCUT2D eigenvalue weighted by Gasteiger charge is 2.29. The summed E-state index contributed by atoms with van der Waals surface area (Å²) in [7, 11) is 0. The number of aliphatic hydroxyl groups is 1. The highest BCUT2D eigenvalue weighted by Crippen LogP contribution is 2.24. The molecule has 0 saturated carbocycles. The minimum Gasteiger partial charge on any atom is -0.394 e. The van der Waals surface area contributed by atoms with E-state index in [2.05, 4.69) is 10.6 Å². The predicted octanol–water partition coefficient (Wildman–Crippen LogP) is 1.55. The molecule has 1 aliphatic heterocycles. The average molecular weight is 262 g/mol. The molecule has 4 nitrogen and oxygen atoms in total. The SMILES string of the molecule is CCC(C)(CO)NC(=O)C1CNc2ccccc2C1. The highest BCUT2D eigenvalue weighted by molar-refractivity contribution is 5.81. The van der Waals surface area contributed by atoms with Crippen LogP contribution in [0.15, 0.2) is 24.3 Å². The summed E-state index contributed by atoms with van der Waals surface area (Å²) < 4.78 is 0. The molecule has 2 unspecified atom stereocenters. The van der Waals surface area contributed by atoms with Crippen molar-refractivity contribution in [1.29, 1.82) is 0 Å². The van der Waals surface area contributed by atoms with E-state index in [9.17, 15) is 9.90 Å². The monoisotopic (exact) mass is 262 g/mol. The van der Waals surface area contributed by atoms with Crippen molar-refractivity contribution in [2.45, 2.75) is 32.2 Å². The molecule has 0 fully saturated rings. The zero-order chi connectivity index (χ0) is 13.9. The molecule has 104 valence electrons. The summed E-state index contributed by atoms with van der Waals surface area (Å²) in [6.07, 6.45) is 1.46. The van der Waals surface area contributed by atoms with Crippen LogP contribution in [0.3, 0.4) is 0 Å². The van der Waals surface area contributed by atoms with E-state index < -0.39 is 5.54 Å². The van der Waals surface area contributed by atoms with Gasteiger partial charge in [-0.3, -0.25) is 4.79 Å². The molecule has 1 heterocycles. The smallest absolute Gasteiger partial charge is 0.225 e. The van der Waals surface area contributed by atoms with E-state index in [1.165, 1.54) is 5.56 Å². The minimum absolute atomic E-state index is 0.0143. The van der Waals surface area contributed by atoms with Gasteiger partial charge >= 0.3 is 0 Å². The second-order valence-corrected chi connectivity index (χ2v) is 5.50. The Labute approximate surface area is 114 Å². The van der Waals surface area contributed by atoms with Crippen molar-refractivity contribution in [3.8, 4) is 0 Å². The fourth-order valence-corrected chi connectivity index (χ4v) is 2.27. The first-order valence-electron chi connectivity index (χ1n) is 6.82. The maximum atomic E-state index is 12.3. The Morgan fingerprint density at radius 2 is 2.26 bits per heavy atom. The first-order chi connectivity index (χ1) is 9.08. The summed E-state index contributed by atoms with van der Waals surface area (Å²) in [5.74, 6) is -0.0623. The predicted molar refractivity (Wildman–Crippen MR) is 76.1 cm³/mol. The second kappa shape index (κ2) is 5.61. The molecule has 4 heteroatoms. The molecular formula is C15H22N2O2. The summed E-state index contributed by atoms with van der Waals surface area (Å²) in [6.45, 7) is 4.44. The molecule has 2 atom stereocenters. The van der Waals surface area contributed by atoms with Crippen LogP contribution in [0.1, 0.15) is 25.8 Å². The molecule has 1 aromatic carbocycles. The van der Waals surface area contributed by atoms with Crippen LogP contribution in [0.5, 0.6) is 0 Å². The van der Waals surface area contributed by atoms with Crippen LogP contribution < -0.4 is 10.6 Å². The number of aliphatic hydroxyl groups excluding tert-OH is 1. The molecule has 3 N–H and O–H groups in total. The molecule has 2 rings (SSSR count). The van der Waals surface area contributed by atoms with E-state index in [1.54, 1.807) is 0 Å². The van der Waals surface area contributed by atoms with E-state index in [0.717, 1.165) is 12.1 Å². The first kappa shape index (κ1) is 13.9. The van der Waals surface area contributed by atoms with Crippen LogP contribution in [0.2, 0.25) is 0 Å². The van der Waals surface area contributed by atoms with Crippen molar-refractivity contribution in [2.75, 3.05) is 18.5 Å². The first-order valence-corrected chi connectivity index (χ1v) is 6.82. The number of hydrogen-bond donors (Lipinski definition) is 3. The molecule has 19 heavy (non-hydrogen) atoms. The van der Waals surface area contributed by atoms with Crippen molar-refractivity contribution in [1.82, 2.24) is 5.32 Å². The lowest BCUT2D eigenvalue weighted by Crippen LogP contribution is -2.52. The zero-order valence-corrected chi connectivity index (χ0v) is 11.6. The molecule has 1 aliphatic rings. The average Bonchev–Trinajstić information content (AvgIpc) is 2.46. The molecular weight excluding hydrogens is 240 g/mol. The number of nitrogens with one attached hydrogen (secondary N) is 2. The summed E-state index contributed by atoms with van der Waals surface area (Å²) >= 11 is 0. The number of rotatable bonds is 4. The Balaban J connectivity index is 2.03. The molecule has 1 amide bonds. The van der Waals surface area contributed by atoms with Gasteiger partial charge < -0.3 is 15.7 Å². The lowest BCUT2D eigenvalue weighted by atomic mass is 9.91. The summed E-state index contributed by atoms with van der Waals surface area (Å²) in [5, 5.41) is 15.6. The number of carbonyl (C=O) groups excluding carboxylic acids is 1. The van der Waals surface area contributed by atoms with Gasteiger partial charge in [0.1, 0.15) is 0 Å². The van der Waals surface area contributed by atoms with Gasteiger partial charge in [-0.05, 0) is 31.4 Å². The summed E-state index contributed by atoms with van der Waals surface area (Å²) in [5.41, 5.74) is 1.77. The van der Waals surface area contributed by atoms with Gasteiger partial charge in [-0.1, -0.05) is 25.1 Å². The topological polar surface area (TPSA) is 61.4 Å². The van der Waals surface area contributed by atoms with Crippen LogP contribution in [0.25, 0.3) is 0 Å². The van der Waals surface area contributed by atoms with Crippen molar-refractivity contribution < 1.29 is 9.90 Å². The van der Waals surface area contributed by atoms with E-state index in [0.29, 0.717) is 13.0 Å². The van der Waals surface area contributed by atoms with Gasteiger partial charge in [-0.2, -0.15) is 0 Å². The molecule has 0 aromatic heterocycles. The maximum absolute atomic E-state index is 12.3. The number of carbonyl (C=O) groups is 1. The number of benzene rings is 1. The van der Waals surface area contributed by atoms with Crippen LogP contribution in [0.4, 0.5) is 5.69 Å². The lowest BCUT2D eigenvalue weighted by molar-refractivity contribution is -0.127. The molecule has 0 saturated heterocycles. The Morgan fingerprint density at radius 3 is 2.95 bits per heavy atom. The third-order valence-electron chi connectivity index (χ3n) is 3.95. The van der Waals surface area contributed by atoms with Gasteiger partial charge in [0.05, 0.1) is 18.1 Å². The summed E-state index contributed by atoms with van der Waals surface area (Å²) in [6, 6.07) is 8.07. The number of para-hydroxylation sites is 1. The van der Waals surface area contributed by atoms with Crippen molar-refractivity contribution in [3.63, 3.8) is 0 Å². The maximum Gasteiger partial charge on any atom is 0.225 e. The van der Waals surface area contributed by atoms with E-state index in [4.69, 9.17) is 0 Å². The zero-order valence-electron chi connectivity index (χ0n) is 11.6. The largest absolute Gasteiger partial charge is 0.394 e. The highest BCUT2D eigenvalue weighted by atomic mass is 16.3. The van der Waals surface area contributed by atoms with Gasteiger partial charge in [0, 0.05) is 12.2 Å².